The Balaban J connectivity index is 0.00000176. The van der Waals surface area contributed by atoms with Gasteiger partial charge in [0.1, 0.15) is 0 Å². The van der Waals surface area contributed by atoms with Gasteiger partial charge in [0.05, 0.1) is 12.7 Å². The number of fused-ring (bicyclic) bond motifs is 1. The smallest absolute Gasteiger partial charge is 0.282 e. The van der Waals surface area contributed by atoms with E-state index in [4.69, 9.17) is 10.5 Å². The zero-order chi connectivity index (χ0) is 14.9. The zero-order valence-electron chi connectivity index (χ0n) is 12.3. The second-order valence-electron chi connectivity index (χ2n) is 5.45. The van der Waals surface area contributed by atoms with Crippen LogP contribution in [-0.2, 0) is 27.9 Å². The van der Waals surface area contributed by atoms with Gasteiger partial charge in [-0.05, 0) is 17.5 Å². The Kier molecular flexibility index (Phi) is 5.81. The highest BCUT2D eigenvalue weighted by atomic mass is 35.5. The Labute approximate surface area is 137 Å². The molecule has 2 heterocycles. The van der Waals surface area contributed by atoms with Crippen molar-refractivity contribution in [2.45, 2.75) is 19.1 Å². The van der Waals surface area contributed by atoms with Crippen molar-refractivity contribution < 1.29 is 13.2 Å². The van der Waals surface area contributed by atoms with Gasteiger partial charge in [0, 0.05) is 32.7 Å². The van der Waals surface area contributed by atoms with E-state index in [2.05, 4.69) is 6.07 Å². The number of nitrogens with two attached hydrogens (primary N) is 1. The van der Waals surface area contributed by atoms with Gasteiger partial charge in [-0.2, -0.15) is 17.0 Å². The average molecular weight is 348 g/mol. The molecule has 0 aromatic heterocycles. The highest BCUT2D eigenvalue weighted by Crippen LogP contribution is 2.23. The lowest BCUT2D eigenvalue weighted by Crippen LogP contribution is -2.53. The molecule has 3 rings (SSSR count). The topological polar surface area (TPSA) is 75.9 Å². The monoisotopic (exact) mass is 347 g/mol. The van der Waals surface area contributed by atoms with Gasteiger partial charge >= 0.3 is 0 Å². The normalized spacial score (nSPS) is 23.6. The summed E-state index contributed by atoms with van der Waals surface area (Å²) >= 11 is 0. The molecular formula is C14H22ClN3O3S. The maximum atomic E-state index is 12.8. The molecule has 1 fully saturated rings. The van der Waals surface area contributed by atoms with Gasteiger partial charge in [0.15, 0.2) is 0 Å². The summed E-state index contributed by atoms with van der Waals surface area (Å²) in [6.07, 6.45) is 0.561. The SMILES string of the molecule is Cl.NCC1CN(S(=O)(=O)N2CCc3ccccc3C2)CCO1. The number of benzene rings is 1. The number of ether oxygens (including phenoxy) is 1. The van der Waals surface area contributed by atoms with E-state index in [0.717, 1.165) is 12.0 Å². The Bertz CT molecular complexity index is 611. The summed E-state index contributed by atoms with van der Waals surface area (Å²) in [6, 6.07) is 8.02. The minimum Gasteiger partial charge on any atom is -0.374 e. The summed E-state index contributed by atoms with van der Waals surface area (Å²) in [7, 11) is -3.44. The van der Waals surface area contributed by atoms with Crippen LogP contribution < -0.4 is 5.73 Å². The minimum atomic E-state index is -3.44. The Hall–Kier alpha value is -0.700. The van der Waals surface area contributed by atoms with Crippen LogP contribution in [0.4, 0.5) is 0 Å². The van der Waals surface area contributed by atoms with Crippen molar-refractivity contribution in [2.75, 3.05) is 32.8 Å². The predicted molar refractivity (Wildman–Crippen MR) is 87.1 cm³/mol. The zero-order valence-corrected chi connectivity index (χ0v) is 14.0. The molecule has 2 aliphatic heterocycles. The standard InChI is InChI=1S/C14H21N3O3S.ClH/c15-9-14-11-17(7-8-20-14)21(18,19)16-6-5-12-3-1-2-4-13(12)10-16;/h1-4,14H,5-11,15H2;1H. The number of hydrogen-bond acceptors (Lipinski definition) is 4. The van der Waals surface area contributed by atoms with Crippen molar-refractivity contribution in [1.29, 1.82) is 0 Å². The third kappa shape index (κ3) is 3.45. The largest absolute Gasteiger partial charge is 0.374 e. The fourth-order valence-electron chi connectivity index (χ4n) is 2.87. The maximum Gasteiger partial charge on any atom is 0.282 e. The maximum absolute atomic E-state index is 12.8. The number of halogens is 1. The number of morpholine rings is 1. The van der Waals surface area contributed by atoms with Crippen LogP contribution in [0.2, 0.25) is 0 Å². The molecular weight excluding hydrogens is 326 g/mol. The molecule has 0 bridgehead atoms. The number of rotatable bonds is 3. The van der Waals surface area contributed by atoms with Crippen LogP contribution in [0.1, 0.15) is 11.1 Å². The molecule has 1 unspecified atom stereocenters. The molecule has 8 heteroatoms. The van der Waals surface area contributed by atoms with Gasteiger partial charge in [-0.3, -0.25) is 0 Å². The van der Waals surface area contributed by atoms with Crippen LogP contribution in [0.3, 0.4) is 0 Å². The number of hydrogen-bond donors (Lipinski definition) is 1. The van der Waals surface area contributed by atoms with E-state index in [1.54, 1.807) is 4.31 Å². The highest BCUT2D eigenvalue weighted by molar-refractivity contribution is 7.86. The van der Waals surface area contributed by atoms with E-state index in [9.17, 15) is 8.42 Å². The van der Waals surface area contributed by atoms with Crippen LogP contribution in [0, 0.1) is 0 Å². The van der Waals surface area contributed by atoms with Crippen LogP contribution >= 0.6 is 12.4 Å². The second-order valence-corrected chi connectivity index (χ2v) is 7.38. The van der Waals surface area contributed by atoms with E-state index in [1.165, 1.54) is 9.87 Å². The Morgan fingerprint density at radius 1 is 1.18 bits per heavy atom. The predicted octanol–water partition coefficient (Wildman–Crippen LogP) is 0.371. The molecule has 2 N–H and O–H groups in total. The van der Waals surface area contributed by atoms with Crippen molar-refractivity contribution in [2.24, 2.45) is 5.73 Å². The second kappa shape index (κ2) is 7.25. The minimum absolute atomic E-state index is 0. The van der Waals surface area contributed by atoms with Crippen LogP contribution in [0.25, 0.3) is 0 Å². The molecule has 1 aromatic rings. The molecule has 1 aromatic carbocycles. The first-order valence-electron chi connectivity index (χ1n) is 7.25. The molecule has 0 aliphatic carbocycles. The van der Waals surface area contributed by atoms with Gasteiger partial charge in [0.2, 0.25) is 0 Å². The van der Waals surface area contributed by atoms with Gasteiger partial charge in [-0.1, -0.05) is 24.3 Å². The van der Waals surface area contributed by atoms with E-state index in [-0.39, 0.29) is 18.5 Å². The van der Waals surface area contributed by atoms with Crippen molar-refractivity contribution in [3.8, 4) is 0 Å². The molecule has 1 saturated heterocycles. The van der Waals surface area contributed by atoms with E-state index >= 15 is 0 Å². The highest BCUT2D eigenvalue weighted by Gasteiger charge is 2.35. The lowest BCUT2D eigenvalue weighted by molar-refractivity contribution is 0.00255. The van der Waals surface area contributed by atoms with Crippen molar-refractivity contribution in [1.82, 2.24) is 8.61 Å². The molecule has 0 spiro atoms. The van der Waals surface area contributed by atoms with Crippen molar-refractivity contribution >= 4 is 22.6 Å². The first-order chi connectivity index (χ1) is 10.1. The number of nitrogens with zero attached hydrogens (tertiary/aromatic N) is 2. The van der Waals surface area contributed by atoms with Gasteiger partial charge in [-0.25, -0.2) is 0 Å². The van der Waals surface area contributed by atoms with E-state index < -0.39 is 10.2 Å². The molecule has 22 heavy (non-hydrogen) atoms. The average Bonchev–Trinajstić information content (AvgIpc) is 2.54. The molecule has 0 radical (unpaired) electrons. The fraction of sp³-hybridized carbons (Fsp3) is 0.571. The van der Waals surface area contributed by atoms with Crippen molar-refractivity contribution in [3.05, 3.63) is 35.4 Å². The Morgan fingerprint density at radius 3 is 2.64 bits per heavy atom. The summed E-state index contributed by atoms with van der Waals surface area (Å²) in [5.41, 5.74) is 7.93. The van der Waals surface area contributed by atoms with Crippen LogP contribution in [0.5, 0.6) is 0 Å². The van der Waals surface area contributed by atoms with Crippen LogP contribution in [-0.4, -0.2) is 55.9 Å². The summed E-state index contributed by atoms with van der Waals surface area (Å²) in [5, 5.41) is 0. The summed E-state index contributed by atoms with van der Waals surface area (Å²) < 4.78 is 34.0. The molecule has 1 atom stereocenters. The lowest BCUT2D eigenvalue weighted by atomic mass is 10.0. The third-order valence-electron chi connectivity index (χ3n) is 4.11. The first kappa shape index (κ1) is 17.7. The molecule has 6 nitrogen and oxygen atoms in total. The molecule has 124 valence electrons. The first-order valence-corrected chi connectivity index (χ1v) is 8.64. The van der Waals surface area contributed by atoms with Gasteiger partial charge in [-0.15, -0.1) is 12.4 Å². The molecule has 2 aliphatic rings. The summed E-state index contributed by atoms with van der Waals surface area (Å²) in [6.45, 7) is 2.47. The van der Waals surface area contributed by atoms with E-state index in [1.807, 2.05) is 18.2 Å². The molecule has 0 saturated carbocycles. The lowest BCUT2D eigenvalue weighted by Gasteiger charge is -2.36. The fourth-order valence-corrected chi connectivity index (χ4v) is 4.49. The van der Waals surface area contributed by atoms with Crippen molar-refractivity contribution in [3.63, 3.8) is 0 Å². The van der Waals surface area contributed by atoms with Gasteiger partial charge < -0.3 is 10.5 Å². The van der Waals surface area contributed by atoms with E-state index in [0.29, 0.717) is 39.3 Å². The third-order valence-corrected chi connectivity index (χ3v) is 6.06. The molecule has 0 amide bonds. The summed E-state index contributed by atoms with van der Waals surface area (Å²) in [4.78, 5) is 0. The van der Waals surface area contributed by atoms with Gasteiger partial charge in [0.25, 0.3) is 10.2 Å². The van der Waals surface area contributed by atoms with Crippen LogP contribution in [0.15, 0.2) is 24.3 Å². The Morgan fingerprint density at radius 2 is 1.91 bits per heavy atom. The quantitative estimate of drug-likeness (QED) is 0.857. The summed E-state index contributed by atoms with van der Waals surface area (Å²) in [5.74, 6) is 0.